The largest absolute Gasteiger partial charge is 0.394 e. The third-order valence-corrected chi connectivity index (χ3v) is 3.89. The molecular weight excluding hydrogens is 220 g/mol. The zero-order chi connectivity index (χ0) is 12.4. The van der Waals surface area contributed by atoms with E-state index in [4.69, 9.17) is 0 Å². The highest BCUT2D eigenvalue weighted by Gasteiger charge is 2.35. The minimum Gasteiger partial charge on any atom is -0.394 e. The molecule has 1 N–H and O–H groups in total. The topological polar surface area (TPSA) is 60.9 Å². The van der Waals surface area contributed by atoms with E-state index in [0.717, 1.165) is 12.8 Å². The number of likely N-dealkylation sites (tertiary alicyclic amines) is 2. The number of amides is 2. The summed E-state index contributed by atoms with van der Waals surface area (Å²) in [4.78, 5) is 26.9. The van der Waals surface area contributed by atoms with Crippen LogP contribution in [0.2, 0.25) is 0 Å². The van der Waals surface area contributed by atoms with Gasteiger partial charge in [-0.1, -0.05) is 6.92 Å². The first-order chi connectivity index (χ1) is 8.13. The second-order valence-electron chi connectivity index (χ2n) is 5.02. The van der Waals surface area contributed by atoms with Gasteiger partial charge in [-0.2, -0.15) is 0 Å². The molecule has 2 aliphatic rings. The molecule has 0 bridgehead atoms. The molecule has 2 amide bonds. The molecule has 5 nitrogen and oxygen atoms in total. The maximum Gasteiger partial charge on any atom is 0.242 e. The van der Waals surface area contributed by atoms with Crippen LogP contribution in [0, 0.1) is 5.92 Å². The van der Waals surface area contributed by atoms with Crippen molar-refractivity contribution in [2.24, 2.45) is 5.92 Å². The number of rotatable bonds is 3. The minimum absolute atomic E-state index is 0.0147. The average Bonchev–Trinajstić information content (AvgIpc) is 2.86. The normalized spacial score (nSPS) is 29.2. The molecule has 5 heteroatoms. The van der Waals surface area contributed by atoms with Gasteiger partial charge in [-0.15, -0.1) is 0 Å². The van der Waals surface area contributed by atoms with Crippen LogP contribution in [0.4, 0.5) is 0 Å². The van der Waals surface area contributed by atoms with Crippen LogP contribution in [0.3, 0.4) is 0 Å². The molecule has 2 heterocycles. The van der Waals surface area contributed by atoms with E-state index >= 15 is 0 Å². The fraction of sp³-hybridized carbons (Fsp3) is 0.833. The number of carbonyl (C=O) groups excluding carboxylic acids is 2. The molecule has 0 saturated carbocycles. The Labute approximate surface area is 101 Å². The second kappa shape index (κ2) is 5.04. The first kappa shape index (κ1) is 12.4. The van der Waals surface area contributed by atoms with E-state index < -0.39 is 0 Å². The van der Waals surface area contributed by atoms with E-state index in [9.17, 15) is 14.7 Å². The van der Waals surface area contributed by atoms with E-state index in [0.29, 0.717) is 25.4 Å². The molecule has 0 spiro atoms. The summed E-state index contributed by atoms with van der Waals surface area (Å²) >= 11 is 0. The Kier molecular flexibility index (Phi) is 3.66. The molecule has 2 rings (SSSR count). The first-order valence-electron chi connectivity index (χ1n) is 6.31. The molecule has 0 aromatic carbocycles. The average molecular weight is 240 g/mol. The van der Waals surface area contributed by atoms with Crippen LogP contribution < -0.4 is 0 Å². The molecule has 2 saturated heterocycles. The van der Waals surface area contributed by atoms with Crippen molar-refractivity contribution in [2.45, 2.75) is 32.2 Å². The van der Waals surface area contributed by atoms with Crippen LogP contribution in [-0.4, -0.2) is 59.0 Å². The lowest BCUT2D eigenvalue weighted by molar-refractivity contribution is -0.139. The van der Waals surface area contributed by atoms with Gasteiger partial charge in [0.25, 0.3) is 0 Å². The highest BCUT2D eigenvalue weighted by atomic mass is 16.3. The molecule has 2 aliphatic heterocycles. The van der Waals surface area contributed by atoms with Crippen molar-refractivity contribution in [3.63, 3.8) is 0 Å². The van der Waals surface area contributed by atoms with Crippen LogP contribution in [0.1, 0.15) is 26.2 Å². The molecule has 2 atom stereocenters. The highest BCUT2D eigenvalue weighted by molar-refractivity contribution is 5.86. The van der Waals surface area contributed by atoms with Crippen LogP contribution in [-0.2, 0) is 9.59 Å². The van der Waals surface area contributed by atoms with Gasteiger partial charge in [0.2, 0.25) is 11.8 Å². The Morgan fingerprint density at radius 1 is 1.47 bits per heavy atom. The number of aliphatic hydroxyl groups is 1. The molecule has 96 valence electrons. The van der Waals surface area contributed by atoms with E-state index in [1.54, 1.807) is 9.80 Å². The fourth-order valence-corrected chi connectivity index (χ4v) is 2.72. The molecular formula is C12H20N2O3. The first-order valence-corrected chi connectivity index (χ1v) is 6.31. The predicted molar refractivity (Wildman–Crippen MR) is 62.2 cm³/mol. The van der Waals surface area contributed by atoms with Crippen LogP contribution >= 0.6 is 0 Å². The summed E-state index contributed by atoms with van der Waals surface area (Å²) in [6.07, 6.45) is 2.35. The number of aliphatic hydroxyl groups excluding tert-OH is 1. The van der Waals surface area contributed by atoms with Crippen LogP contribution in [0.5, 0.6) is 0 Å². The zero-order valence-corrected chi connectivity index (χ0v) is 10.3. The van der Waals surface area contributed by atoms with Crippen LogP contribution in [0.15, 0.2) is 0 Å². The number of carbonyl (C=O) groups is 2. The van der Waals surface area contributed by atoms with Crippen molar-refractivity contribution >= 4 is 11.8 Å². The zero-order valence-electron chi connectivity index (χ0n) is 10.3. The summed E-state index contributed by atoms with van der Waals surface area (Å²) < 4.78 is 0. The van der Waals surface area contributed by atoms with Gasteiger partial charge < -0.3 is 14.9 Å². The van der Waals surface area contributed by atoms with Gasteiger partial charge in [0.1, 0.15) is 0 Å². The highest BCUT2D eigenvalue weighted by Crippen LogP contribution is 2.24. The molecule has 17 heavy (non-hydrogen) atoms. The third kappa shape index (κ3) is 2.44. The minimum atomic E-state index is -0.0693. The molecule has 0 aromatic rings. The Balaban J connectivity index is 1.93. The Bertz CT molecular complexity index is 319. The maximum atomic E-state index is 12.1. The Morgan fingerprint density at radius 2 is 2.24 bits per heavy atom. The summed E-state index contributed by atoms with van der Waals surface area (Å²) in [5.74, 6) is 0.396. The van der Waals surface area contributed by atoms with Gasteiger partial charge in [0.15, 0.2) is 0 Å². The summed E-state index contributed by atoms with van der Waals surface area (Å²) in [6, 6.07) is -0.0693. The van der Waals surface area contributed by atoms with Crippen molar-refractivity contribution in [3.8, 4) is 0 Å². The fourth-order valence-electron chi connectivity index (χ4n) is 2.72. The van der Waals surface area contributed by atoms with Crippen molar-refractivity contribution < 1.29 is 14.7 Å². The van der Waals surface area contributed by atoms with E-state index in [-0.39, 0.29) is 31.0 Å². The van der Waals surface area contributed by atoms with Crippen LogP contribution in [0.25, 0.3) is 0 Å². The molecule has 0 aliphatic carbocycles. The lowest BCUT2D eigenvalue weighted by atomic mass is 10.0. The van der Waals surface area contributed by atoms with Crippen molar-refractivity contribution in [1.29, 1.82) is 0 Å². The standard InChI is InChI=1S/C12H20N2O3/c1-9-4-6-14(10(9)8-15)12(17)7-13-5-2-3-11(13)16/h9-10,15H,2-8H2,1H3. The lowest BCUT2D eigenvalue weighted by Gasteiger charge is -2.27. The summed E-state index contributed by atoms with van der Waals surface area (Å²) in [6.45, 7) is 3.64. The van der Waals surface area contributed by atoms with E-state index in [2.05, 4.69) is 6.92 Å². The molecule has 0 radical (unpaired) electrons. The summed E-state index contributed by atoms with van der Waals surface area (Å²) in [5.41, 5.74) is 0. The number of hydrogen-bond acceptors (Lipinski definition) is 3. The maximum absolute atomic E-state index is 12.1. The van der Waals surface area contributed by atoms with Gasteiger partial charge in [0.05, 0.1) is 19.2 Å². The third-order valence-electron chi connectivity index (χ3n) is 3.89. The van der Waals surface area contributed by atoms with Gasteiger partial charge >= 0.3 is 0 Å². The van der Waals surface area contributed by atoms with E-state index in [1.807, 2.05) is 0 Å². The van der Waals surface area contributed by atoms with Crippen molar-refractivity contribution in [2.75, 3.05) is 26.2 Å². The Hall–Kier alpha value is -1.10. The second-order valence-corrected chi connectivity index (χ2v) is 5.02. The smallest absolute Gasteiger partial charge is 0.242 e. The summed E-state index contributed by atoms with van der Waals surface area (Å²) in [5, 5.41) is 9.29. The van der Waals surface area contributed by atoms with E-state index in [1.165, 1.54) is 0 Å². The van der Waals surface area contributed by atoms with Gasteiger partial charge in [-0.05, 0) is 18.8 Å². The number of hydrogen-bond donors (Lipinski definition) is 1. The SMILES string of the molecule is CC1CCN(C(=O)CN2CCCC2=O)C1CO. The number of nitrogens with zero attached hydrogens (tertiary/aromatic N) is 2. The molecule has 2 unspecified atom stereocenters. The monoisotopic (exact) mass is 240 g/mol. The predicted octanol–water partition coefficient (Wildman–Crippen LogP) is -0.162. The van der Waals surface area contributed by atoms with Crippen molar-refractivity contribution in [1.82, 2.24) is 9.80 Å². The quantitative estimate of drug-likeness (QED) is 0.745. The molecule has 0 aromatic heterocycles. The van der Waals surface area contributed by atoms with Gasteiger partial charge in [-0.25, -0.2) is 0 Å². The van der Waals surface area contributed by atoms with Crippen molar-refractivity contribution in [3.05, 3.63) is 0 Å². The lowest BCUT2D eigenvalue weighted by Crippen LogP contribution is -2.45. The Morgan fingerprint density at radius 3 is 2.82 bits per heavy atom. The van der Waals surface area contributed by atoms with Gasteiger partial charge in [-0.3, -0.25) is 9.59 Å². The van der Waals surface area contributed by atoms with Gasteiger partial charge in [0, 0.05) is 19.5 Å². The summed E-state index contributed by atoms with van der Waals surface area (Å²) in [7, 11) is 0. The molecule has 2 fully saturated rings.